The average Bonchev–Trinajstić information content (AvgIpc) is 3.42. The lowest BCUT2D eigenvalue weighted by Gasteiger charge is -2.35. The summed E-state index contributed by atoms with van der Waals surface area (Å²) in [5.74, 6) is -1.03. The van der Waals surface area contributed by atoms with Crippen LogP contribution in [-0.2, 0) is 33.3 Å². The van der Waals surface area contributed by atoms with E-state index in [4.69, 9.17) is 23.7 Å². The van der Waals surface area contributed by atoms with E-state index >= 15 is 0 Å². The summed E-state index contributed by atoms with van der Waals surface area (Å²) in [6, 6.07) is 16.8. The van der Waals surface area contributed by atoms with E-state index in [1.165, 1.54) is 27.0 Å². The number of benzene rings is 2. The van der Waals surface area contributed by atoms with Crippen LogP contribution in [0.5, 0.6) is 5.75 Å². The lowest BCUT2D eigenvalue weighted by atomic mass is 9.93. The highest BCUT2D eigenvalue weighted by Crippen LogP contribution is 2.31. The first-order valence-corrected chi connectivity index (χ1v) is 12.4. The summed E-state index contributed by atoms with van der Waals surface area (Å²) >= 11 is 0. The molecule has 1 aliphatic rings. The maximum atomic E-state index is 12.1. The molecule has 3 aromatic rings. The van der Waals surface area contributed by atoms with Gasteiger partial charge in [0, 0.05) is 31.9 Å². The third-order valence-corrected chi connectivity index (χ3v) is 5.92. The largest absolute Gasteiger partial charge is 0.497 e. The van der Waals surface area contributed by atoms with Gasteiger partial charge in [-0.2, -0.15) is 0 Å². The van der Waals surface area contributed by atoms with E-state index in [1.54, 1.807) is 24.1 Å². The molecule has 1 aromatic heterocycles. The highest BCUT2D eigenvalue weighted by molar-refractivity contribution is 5.80. The summed E-state index contributed by atoms with van der Waals surface area (Å²) in [5.41, 5.74) is 3.15. The Hall–Kier alpha value is -4.93. The van der Waals surface area contributed by atoms with Crippen LogP contribution in [-0.4, -0.2) is 64.9 Å². The lowest BCUT2D eigenvalue weighted by molar-refractivity contribution is -0.180. The minimum absolute atomic E-state index is 0.208. The topological polar surface area (TPSA) is 128 Å². The predicted molar refractivity (Wildman–Crippen MR) is 142 cm³/mol. The Kier molecular flexibility index (Phi) is 8.95. The molecular weight excluding hydrogens is 518 g/mol. The molecule has 1 aliphatic heterocycles. The van der Waals surface area contributed by atoms with E-state index in [0.29, 0.717) is 22.6 Å². The van der Waals surface area contributed by atoms with Crippen molar-refractivity contribution >= 4 is 23.5 Å². The number of methoxy groups -OCH3 is 1. The van der Waals surface area contributed by atoms with Crippen molar-refractivity contribution in [3.8, 4) is 11.4 Å². The number of esters is 3. The van der Waals surface area contributed by atoms with Gasteiger partial charge in [0.1, 0.15) is 18.1 Å². The molecule has 0 saturated heterocycles. The van der Waals surface area contributed by atoms with Crippen molar-refractivity contribution in [1.29, 1.82) is 0 Å². The van der Waals surface area contributed by atoms with E-state index in [9.17, 15) is 14.4 Å². The molecule has 11 nitrogen and oxygen atoms in total. The summed E-state index contributed by atoms with van der Waals surface area (Å²) in [7, 11) is 1.59. The number of carbonyl (C=O) groups excluding carboxylic acids is 3. The second-order valence-electron chi connectivity index (χ2n) is 8.87. The molecule has 40 heavy (non-hydrogen) atoms. The van der Waals surface area contributed by atoms with Crippen molar-refractivity contribution in [3.05, 3.63) is 90.0 Å². The van der Waals surface area contributed by atoms with Crippen molar-refractivity contribution < 1.29 is 38.1 Å². The van der Waals surface area contributed by atoms with Crippen molar-refractivity contribution in [3.63, 3.8) is 0 Å². The van der Waals surface area contributed by atoms with Crippen LogP contribution < -0.4 is 4.74 Å². The molecule has 3 atom stereocenters. The monoisotopic (exact) mass is 547 g/mol. The first kappa shape index (κ1) is 28.1. The maximum Gasteiger partial charge on any atom is 0.303 e. The first-order chi connectivity index (χ1) is 19.2. The number of rotatable bonds is 9. The molecule has 2 heterocycles. The maximum absolute atomic E-state index is 12.1. The van der Waals surface area contributed by atoms with Crippen LogP contribution in [0.2, 0.25) is 0 Å². The second-order valence-corrected chi connectivity index (χ2v) is 8.87. The van der Waals surface area contributed by atoms with Crippen molar-refractivity contribution in [1.82, 2.24) is 15.0 Å². The molecule has 2 aromatic carbocycles. The molecular formula is C29H29N3O8. The van der Waals surface area contributed by atoms with Gasteiger partial charge in [0.05, 0.1) is 25.3 Å². The molecule has 0 N–H and O–H groups in total. The predicted octanol–water partition coefficient (Wildman–Crippen LogP) is 3.42. The van der Waals surface area contributed by atoms with Gasteiger partial charge < -0.3 is 23.7 Å². The van der Waals surface area contributed by atoms with E-state index < -0.39 is 36.2 Å². The highest BCUT2D eigenvalue weighted by Gasteiger charge is 2.42. The van der Waals surface area contributed by atoms with Gasteiger partial charge in [-0.05, 0) is 35.9 Å². The summed E-state index contributed by atoms with van der Waals surface area (Å²) < 4.78 is 28.9. The molecule has 0 saturated carbocycles. The molecule has 0 aliphatic carbocycles. The zero-order chi connectivity index (χ0) is 28.6. The van der Waals surface area contributed by atoms with Crippen LogP contribution in [0.1, 0.15) is 32.0 Å². The van der Waals surface area contributed by atoms with E-state index in [2.05, 4.69) is 10.3 Å². The Morgan fingerprint density at radius 2 is 1.65 bits per heavy atom. The number of carbonyl (C=O) groups is 3. The van der Waals surface area contributed by atoms with Crippen LogP contribution in [0.4, 0.5) is 0 Å². The summed E-state index contributed by atoms with van der Waals surface area (Å²) in [4.78, 5) is 35.5. The van der Waals surface area contributed by atoms with Gasteiger partial charge >= 0.3 is 17.9 Å². The Labute approximate surface area is 230 Å². The number of hydrogen-bond acceptors (Lipinski definition) is 10. The summed E-state index contributed by atoms with van der Waals surface area (Å²) in [6.07, 6.45) is 1.88. The first-order valence-electron chi connectivity index (χ1n) is 12.4. The lowest BCUT2D eigenvalue weighted by Crippen LogP contribution is -2.49. The zero-order valence-electron chi connectivity index (χ0n) is 22.5. The van der Waals surface area contributed by atoms with E-state index in [1.807, 2.05) is 54.6 Å². The number of ether oxygens (including phenoxy) is 5. The molecule has 4 rings (SSSR count). The quantitative estimate of drug-likeness (QED) is 0.290. The fourth-order valence-corrected chi connectivity index (χ4v) is 4.13. The summed E-state index contributed by atoms with van der Waals surface area (Å²) in [5, 5.41) is 8.68. The van der Waals surface area contributed by atoms with Gasteiger partial charge in [-0.25, -0.2) is 4.68 Å². The van der Waals surface area contributed by atoms with Crippen LogP contribution >= 0.6 is 0 Å². The SMILES string of the molecule is COc1ccc(-n2cc(/C(=C/C3=CO[C@H](COC(C)=O)[C@@H](OC(C)=O)[C@@H]3OC(C)=O)c3ccccc3)nn2)cc1. The fourth-order valence-electron chi connectivity index (χ4n) is 4.13. The minimum Gasteiger partial charge on any atom is -0.497 e. The van der Waals surface area contributed by atoms with Gasteiger partial charge in [-0.15, -0.1) is 5.10 Å². The highest BCUT2D eigenvalue weighted by atomic mass is 16.6. The molecule has 0 fully saturated rings. The minimum atomic E-state index is -1.08. The second kappa shape index (κ2) is 12.7. The van der Waals surface area contributed by atoms with E-state index in [-0.39, 0.29) is 6.61 Å². The van der Waals surface area contributed by atoms with Crippen LogP contribution in [0, 0.1) is 0 Å². The summed E-state index contributed by atoms with van der Waals surface area (Å²) in [6.45, 7) is 3.53. The molecule has 11 heteroatoms. The van der Waals surface area contributed by atoms with Gasteiger partial charge in [0.25, 0.3) is 0 Å². The number of aromatic nitrogens is 3. The molecule has 0 radical (unpaired) electrons. The third-order valence-electron chi connectivity index (χ3n) is 5.92. The number of nitrogens with zero attached hydrogens (tertiary/aromatic N) is 3. The molecule has 208 valence electrons. The number of hydrogen-bond donors (Lipinski definition) is 0. The van der Waals surface area contributed by atoms with Gasteiger partial charge in [0.2, 0.25) is 0 Å². The van der Waals surface area contributed by atoms with Crippen LogP contribution in [0.3, 0.4) is 0 Å². The Morgan fingerprint density at radius 1 is 0.950 bits per heavy atom. The smallest absolute Gasteiger partial charge is 0.303 e. The fraction of sp³-hybridized carbons (Fsp3) is 0.276. The Balaban J connectivity index is 1.77. The average molecular weight is 548 g/mol. The van der Waals surface area contributed by atoms with Gasteiger partial charge in [-0.3, -0.25) is 14.4 Å². The van der Waals surface area contributed by atoms with Crippen molar-refractivity contribution in [2.75, 3.05) is 13.7 Å². The van der Waals surface area contributed by atoms with Gasteiger partial charge in [0.15, 0.2) is 18.3 Å². The van der Waals surface area contributed by atoms with Crippen molar-refractivity contribution in [2.45, 2.75) is 39.1 Å². The molecule has 0 amide bonds. The normalized spacial score (nSPS) is 18.6. The van der Waals surface area contributed by atoms with Crippen molar-refractivity contribution in [2.24, 2.45) is 0 Å². The Bertz CT molecular complexity index is 1410. The third kappa shape index (κ3) is 6.93. The van der Waals surface area contributed by atoms with Crippen LogP contribution in [0.25, 0.3) is 11.3 Å². The Morgan fingerprint density at radius 3 is 2.27 bits per heavy atom. The molecule has 0 unspecified atom stereocenters. The zero-order valence-corrected chi connectivity index (χ0v) is 22.5. The van der Waals surface area contributed by atoms with Gasteiger partial charge in [-0.1, -0.05) is 35.5 Å². The molecule has 0 spiro atoms. The van der Waals surface area contributed by atoms with E-state index in [0.717, 1.165) is 11.3 Å². The standard InChI is InChI=1S/C29H29N3O8/c1-18(33)37-17-27-29(40-20(3)35)28(39-19(2)34)22(16-38-27)14-25(21-8-6-5-7-9-21)26-15-32(31-30-26)23-10-12-24(36-4)13-11-23/h5-16,27-29H,17H2,1-4H3/b25-14+/t27-,28-,29-/m1/s1. The van der Waals surface area contributed by atoms with Crippen LogP contribution in [0.15, 0.2) is 78.7 Å². The molecule has 0 bridgehead atoms.